The monoisotopic (exact) mass is 245 g/mol. The number of nitrogens with zero attached hydrogens (tertiary/aromatic N) is 2. The Hall–Kier alpha value is -1.17. The van der Waals surface area contributed by atoms with Crippen molar-refractivity contribution in [2.24, 2.45) is 0 Å². The van der Waals surface area contributed by atoms with Gasteiger partial charge in [-0.05, 0) is 19.9 Å². The van der Waals surface area contributed by atoms with Crippen molar-refractivity contribution in [3.8, 4) is 0 Å². The van der Waals surface area contributed by atoms with Gasteiger partial charge in [-0.2, -0.15) is 13.2 Å². The predicted octanol–water partition coefficient (Wildman–Crippen LogP) is 2.48. The largest absolute Gasteiger partial charge is 0.433 e. The number of alkyl halides is 3. The molecule has 1 aromatic heterocycles. The number of rotatable bonds is 3. The lowest BCUT2D eigenvalue weighted by Gasteiger charge is -2.24. The molecule has 1 fully saturated rings. The smallest absolute Gasteiger partial charge is 0.316 e. The van der Waals surface area contributed by atoms with E-state index in [4.69, 9.17) is 0 Å². The Bertz CT molecular complexity index is 399. The standard InChI is InChI=1S/C11H14F3N3/c1-15-5-8-6-16-10(7-3-2-4-7)17-9(8)11(12,13)14/h6-7,15H,2-5H2,1H3. The summed E-state index contributed by atoms with van der Waals surface area (Å²) in [7, 11) is 1.60. The lowest BCUT2D eigenvalue weighted by molar-refractivity contribution is -0.142. The van der Waals surface area contributed by atoms with Crippen LogP contribution < -0.4 is 5.32 Å². The molecule has 0 bridgehead atoms. The summed E-state index contributed by atoms with van der Waals surface area (Å²) in [4.78, 5) is 7.75. The van der Waals surface area contributed by atoms with E-state index in [0.29, 0.717) is 5.82 Å². The Labute approximate surface area is 97.5 Å². The van der Waals surface area contributed by atoms with Crippen molar-refractivity contribution in [3.63, 3.8) is 0 Å². The maximum absolute atomic E-state index is 12.8. The highest BCUT2D eigenvalue weighted by Gasteiger charge is 2.36. The molecule has 0 unspecified atom stereocenters. The molecule has 0 saturated heterocycles. The third-order valence-corrected chi connectivity index (χ3v) is 2.99. The van der Waals surface area contributed by atoms with E-state index >= 15 is 0 Å². The lowest BCUT2D eigenvalue weighted by Crippen LogP contribution is -2.21. The zero-order valence-corrected chi connectivity index (χ0v) is 9.51. The van der Waals surface area contributed by atoms with E-state index < -0.39 is 11.9 Å². The van der Waals surface area contributed by atoms with Gasteiger partial charge in [-0.3, -0.25) is 0 Å². The summed E-state index contributed by atoms with van der Waals surface area (Å²) in [6, 6.07) is 0. The van der Waals surface area contributed by atoms with E-state index in [1.165, 1.54) is 6.20 Å². The van der Waals surface area contributed by atoms with Crippen LogP contribution in [0.2, 0.25) is 0 Å². The molecule has 1 aliphatic carbocycles. The first kappa shape index (κ1) is 12.3. The second kappa shape index (κ2) is 4.60. The molecule has 1 N–H and O–H groups in total. The zero-order chi connectivity index (χ0) is 12.5. The maximum Gasteiger partial charge on any atom is 0.433 e. The quantitative estimate of drug-likeness (QED) is 0.889. The van der Waals surface area contributed by atoms with Gasteiger partial charge in [0.05, 0.1) is 0 Å². The van der Waals surface area contributed by atoms with E-state index in [1.807, 2.05) is 0 Å². The molecule has 0 radical (unpaired) electrons. The van der Waals surface area contributed by atoms with Crippen LogP contribution in [-0.2, 0) is 12.7 Å². The Morgan fingerprint density at radius 3 is 2.59 bits per heavy atom. The molecule has 3 nitrogen and oxygen atoms in total. The van der Waals surface area contributed by atoms with Gasteiger partial charge in [0.15, 0.2) is 5.69 Å². The minimum atomic E-state index is -4.41. The van der Waals surface area contributed by atoms with Crippen LogP contribution in [0, 0.1) is 0 Å². The van der Waals surface area contributed by atoms with Gasteiger partial charge in [-0.1, -0.05) is 6.42 Å². The first-order chi connectivity index (χ1) is 8.02. The molecule has 0 aromatic carbocycles. The van der Waals surface area contributed by atoms with Gasteiger partial charge in [0.25, 0.3) is 0 Å². The van der Waals surface area contributed by atoms with Crippen LogP contribution in [0.5, 0.6) is 0 Å². The van der Waals surface area contributed by atoms with Crippen LogP contribution >= 0.6 is 0 Å². The van der Waals surface area contributed by atoms with Crippen LogP contribution in [0.1, 0.15) is 42.3 Å². The van der Waals surface area contributed by atoms with Crippen molar-refractivity contribution in [1.82, 2.24) is 15.3 Å². The lowest BCUT2D eigenvalue weighted by atomic mass is 9.85. The maximum atomic E-state index is 12.8. The van der Waals surface area contributed by atoms with Gasteiger partial charge < -0.3 is 5.32 Å². The molecular formula is C11H14F3N3. The Morgan fingerprint density at radius 1 is 1.41 bits per heavy atom. The van der Waals surface area contributed by atoms with Crippen molar-refractivity contribution in [2.45, 2.75) is 37.9 Å². The first-order valence-electron chi connectivity index (χ1n) is 5.60. The van der Waals surface area contributed by atoms with Crippen LogP contribution in [0.25, 0.3) is 0 Å². The first-order valence-corrected chi connectivity index (χ1v) is 5.60. The Kier molecular flexibility index (Phi) is 3.33. The average Bonchev–Trinajstić information content (AvgIpc) is 2.16. The molecular weight excluding hydrogens is 231 g/mol. The second-order valence-electron chi connectivity index (χ2n) is 4.26. The van der Waals surface area contributed by atoms with E-state index in [9.17, 15) is 13.2 Å². The fourth-order valence-corrected chi connectivity index (χ4v) is 1.85. The Balaban J connectivity index is 2.35. The highest BCUT2D eigenvalue weighted by molar-refractivity contribution is 5.22. The summed E-state index contributed by atoms with van der Waals surface area (Å²) in [5, 5.41) is 2.69. The Morgan fingerprint density at radius 2 is 2.12 bits per heavy atom. The number of nitrogens with one attached hydrogen (secondary N) is 1. The summed E-state index contributed by atoms with van der Waals surface area (Å²) in [5.74, 6) is 0.447. The third-order valence-electron chi connectivity index (χ3n) is 2.99. The SMILES string of the molecule is CNCc1cnc(C2CCC2)nc1C(F)(F)F. The third kappa shape index (κ3) is 2.57. The van der Waals surface area contributed by atoms with Gasteiger partial charge in [-0.15, -0.1) is 0 Å². The summed E-state index contributed by atoms with van der Waals surface area (Å²) in [6.07, 6.45) is -0.285. The molecule has 1 aromatic rings. The molecule has 1 aliphatic rings. The van der Waals surface area contributed by atoms with E-state index in [1.54, 1.807) is 7.05 Å². The van der Waals surface area contributed by atoms with E-state index in [-0.39, 0.29) is 18.0 Å². The molecule has 0 spiro atoms. The van der Waals surface area contributed by atoms with E-state index in [0.717, 1.165) is 19.3 Å². The van der Waals surface area contributed by atoms with Gasteiger partial charge in [0.1, 0.15) is 5.82 Å². The van der Waals surface area contributed by atoms with Crippen LogP contribution in [0.3, 0.4) is 0 Å². The second-order valence-corrected chi connectivity index (χ2v) is 4.26. The molecule has 94 valence electrons. The van der Waals surface area contributed by atoms with Crippen LogP contribution in [0.15, 0.2) is 6.20 Å². The molecule has 0 aliphatic heterocycles. The van der Waals surface area contributed by atoms with Crippen molar-refractivity contribution in [3.05, 3.63) is 23.3 Å². The molecule has 1 saturated carbocycles. The van der Waals surface area contributed by atoms with Gasteiger partial charge in [0, 0.05) is 24.2 Å². The molecule has 0 atom stereocenters. The fourth-order valence-electron chi connectivity index (χ4n) is 1.85. The highest BCUT2D eigenvalue weighted by atomic mass is 19.4. The highest BCUT2D eigenvalue weighted by Crippen LogP contribution is 2.36. The predicted molar refractivity (Wildman–Crippen MR) is 56.4 cm³/mol. The van der Waals surface area contributed by atoms with Crippen molar-refractivity contribution in [1.29, 1.82) is 0 Å². The van der Waals surface area contributed by atoms with Crippen LogP contribution in [-0.4, -0.2) is 17.0 Å². The fraction of sp³-hybridized carbons (Fsp3) is 0.636. The average molecular weight is 245 g/mol. The minimum Gasteiger partial charge on any atom is -0.316 e. The van der Waals surface area contributed by atoms with Gasteiger partial charge >= 0.3 is 6.18 Å². The van der Waals surface area contributed by atoms with Crippen LogP contribution in [0.4, 0.5) is 13.2 Å². The van der Waals surface area contributed by atoms with E-state index in [2.05, 4.69) is 15.3 Å². The van der Waals surface area contributed by atoms with Gasteiger partial charge in [-0.25, -0.2) is 9.97 Å². The molecule has 17 heavy (non-hydrogen) atoms. The molecule has 1 heterocycles. The zero-order valence-electron chi connectivity index (χ0n) is 9.51. The number of halogens is 3. The number of hydrogen-bond acceptors (Lipinski definition) is 3. The van der Waals surface area contributed by atoms with Gasteiger partial charge in [0.2, 0.25) is 0 Å². The summed E-state index contributed by atoms with van der Waals surface area (Å²) >= 11 is 0. The van der Waals surface area contributed by atoms with Crippen molar-refractivity contribution >= 4 is 0 Å². The summed E-state index contributed by atoms with van der Waals surface area (Å²) < 4.78 is 38.5. The number of aromatic nitrogens is 2. The topological polar surface area (TPSA) is 37.8 Å². The minimum absolute atomic E-state index is 0.100. The molecule has 6 heteroatoms. The molecule has 2 rings (SSSR count). The number of hydrogen-bond donors (Lipinski definition) is 1. The van der Waals surface area contributed by atoms with Crippen molar-refractivity contribution < 1.29 is 13.2 Å². The summed E-state index contributed by atoms with van der Waals surface area (Å²) in [6.45, 7) is 0.125. The summed E-state index contributed by atoms with van der Waals surface area (Å²) in [5.41, 5.74) is -0.702. The van der Waals surface area contributed by atoms with Crippen molar-refractivity contribution in [2.75, 3.05) is 7.05 Å². The normalized spacial score (nSPS) is 16.9. The molecule has 0 amide bonds.